The predicted molar refractivity (Wildman–Crippen MR) is 62.9 cm³/mol. The number of nitrogens with two attached hydrogens (primary N) is 2. The van der Waals surface area contributed by atoms with Crippen molar-refractivity contribution < 1.29 is 9.26 Å². The molecular formula is C10H22N4O2. The molecule has 1 aromatic heterocycles. The Bertz CT molecular complexity index is 261. The summed E-state index contributed by atoms with van der Waals surface area (Å²) in [4.78, 5) is 0. The van der Waals surface area contributed by atoms with E-state index < -0.39 is 0 Å². The van der Waals surface area contributed by atoms with E-state index in [0.717, 1.165) is 18.7 Å². The molecule has 0 aromatic carbocycles. The van der Waals surface area contributed by atoms with E-state index >= 15 is 0 Å². The van der Waals surface area contributed by atoms with Gasteiger partial charge in [0.1, 0.15) is 12.5 Å². The van der Waals surface area contributed by atoms with Gasteiger partial charge < -0.3 is 20.7 Å². The van der Waals surface area contributed by atoms with Gasteiger partial charge in [0, 0.05) is 6.07 Å². The first-order valence-electron chi connectivity index (χ1n) is 5.35. The zero-order valence-corrected chi connectivity index (χ0v) is 10.2. The number of nitrogens with zero attached hydrogens (tertiary/aromatic N) is 1. The molecule has 0 saturated heterocycles. The Labute approximate surface area is 96.3 Å². The number of hydrogen-bond donors (Lipinski definition) is 3. The lowest BCUT2D eigenvalue weighted by Crippen LogP contribution is -2.36. The highest BCUT2D eigenvalue weighted by Gasteiger charge is 1.99. The van der Waals surface area contributed by atoms with Crippen molar-refractivity contribution in [1.29, 1.82) is 0 Å². The second kappa shape index (κ2) is 9.14. The topological polar surface area (TPSA) is 99.3 Å². The molecule has 0 fully saturated rings. The van der Waals surface area contributed by atoms with E-state index in [1.807, 2.05) is 6.92 Å². The molecule has 94 valence electrons. The van der Waals surface area contributed by atoms with Gasteiger partial charge in [-0.1, -0.05) is 6.92 Å². The Kier molecular flexibility index (Phi) is 8.51. The third kappa shape index (κ3) is 8.22. The summed E-state index contributed by atoms with van der Waals surface area (Å²) < 4.78 is 9.93. The number of hydrogen-bond acceptors (Lipinski definition) is 6. The van der Waals surface area contributed by atoms with Gasteiger partial charge in [0.05, 0.1) is 6.17 Å². The maximum atomic E-state index is 5.43. The van der Waals surface area contributed by atoms with Crippen molar-refractivity contribution in [1.82, 2.24) is 10.5 Å². The van der Waals surface area contributed by atoms with Crippen LogP contribution in [0.3, 0.4) is 0 Å². The molecule has 5 N–H and O–H groups in total. The number of aromatic nitrogens is 1. The fourth-order valence-electron chi connectivity index (χ4n) is 0.659. The van der Waals surface area contributed by atoms with Gasteiger partial charge in [-0.15, -0.1) is 0 Å². The maximum Gasteiger partial charge on any atom is 0.255 e. The summed E-state index contributed by atoms with van der Waals surface area (Å²) in [6.45, 7) is 6.85. The number of ether oxygens (including phenoxy) is 1. The third-order valence-electron chi connectivity index (χ3n) is 1.52. The summed E-state index contributed by atoms with van der Waals surface area (Å²) in [5.74, 6) is 1.20. The monoisotopic (exact) mass is 230 g/mol. The van der Waals surface area contributed by atoms with Gasteiger partial charge in [0.25, 0.3) is 5.88 Å². The molecule has 6 heteroatoms. The molecule has 1 unspecified atom stereocenters. The standard InChI is InChI=1S/C7H13N3O2.C3H9N/c1-5-3-7(10-12-5)11-4-9-6(2)8;1-2-3-4/h3,6,9H,4,8H2,1-2H3;2-4H2,1H3. The summed E-state index contributed by atoms with van der Waals surface area (Å²) >= 11 is 0. The lowest BCUT2D eigenvalue weighted by Gasteiger charge is -2.06. The molecule has 1 rings (SSSR count). The molecule has 1 atom stereocenters. The van der Waals surface area contributed by atoms with Crippen molar-refractivity contribution in [2.45, 2.75) is 33.4 Å². The van der Waals surface area contributed by atoms with Gasteiger partial charge in [-0.2, -0.15) is 0 Å². The third-order valence-corrected chi connectivity index (χ3v) is 1.52. The van der Waals surface area contributed by atoms with Crippen molar-refractivity contribution in [2.24, 2.45) is 11.5 Å². The van der Waals surface area contributed by atoms with Crippen LogP contribution in [0.25, 0.3) is 0 Å². The van der Waals surface area contributed by atoms with E-state index in [2.05, 4.69) is 17.4 Å². The lowest BCUT2D eigenvalue weighted by molar-refractivity contribution is 0.241. The average Bonchev–Trinajstić information content (AvgIpc) is 2.64. The molecule has 6 nitrogen and oxygen atoms in total. The molecule has 1 heterocycles. The molecule has 0 bridgehead atoms. The summed E-state index contributed by atoms with van der Waals surface area (Å²) in [6, 6.07) is 1.71. The molecular weight excluding hydrogens is 208 g/mol. The molecule has 0 aliphatic rings. The minimum atomic E-state index is -0.0852. The second-order valence-corrected chi connectivity index (χ2v) is 3.35. The molecule has 0 aliphatic carbocycles. The van der Waals surface area contributed by atoms with Crippen molar-refractivity contribution in [3.8, 4) is 5.88 Å². The normalized spacial score (nSPS) is 11.6. The zero-order chi connectivity index (χ0) is 12.4. The summed E-state index contributed by atoms with van der Waals surface area (Å²) in [5.41, 5.74) is 10.5. The van der Waals surface area contributed by atoms with Gasteiger partial charge in [0.2, 0.25) is 0 Å². The highest BCUT2D eigenvalue weighted by molar-refractivity contribution is 5.08. The molecule has 0 radical (unpaired) electrons. The summed E-state index contributed by atoms with van der Waals surface area (Å²) in [6.07, 6.45) is 1.01. The van der Waals surface area contributed by atoms with Crippen LogP contribution >= 0.6 is 0 Å². The van der Waals surface area contributed by atoms with E-state index in [1.165, 1.54) is 0 Å². The fraction of sp³-hybridized carbons (Fsp3) is 0.700. The second-order valence-electron chi connectivity index (χ2n) is 3.35. The molecule has 0 aliphatic heterocycles. The maximum absolute atomic E-state index is 5.43. The number of aryl methyl sites for hydroxylation is 1. The first kappa shape index (κ1) is 14.9. The predicted octanol–water partition coefficient (Wildman–Crippen LogP) is 0.569. The zero-order valence-electron chi connectivity index (χ0n) is 10.2. The number of rotatable bonds is 5. The van der Waals surface area contributed by atoms with Crippen LogP contribution in [0, 0.1) is 6.92 Å². The van der Waals surface area contributed by atoms with Gasteiger partial charge in [-0.3, -0.25) is 5.32 Å². The molecule has 1 aromatic rings. The molecule has 0 spiro atoms. The first-order valence-corrected chi connectivity index (χ1v) is 5.35. The largest absolute Gasteiger partial charge is 0.460 e. The van der Waals surface area contributed by atoms with E-state index in [9.17, 15) is 0 Å². The van der Waals surface area contributed by atoms with Gasteiger partial charge in [-0.05, 0) is 32.0 Å². The number of nitrogens with one attached hydrogen (secondary N) is 1. The van der Waals surface area contributed by atoms with Crippen LogP contribution in [-0.4, -0.2) is 24.6 Å². The Hall–Kier alpha value is -1.11. The minimum absolute atomic E-state index is 0.0852. The van der Waals surface area contributed by atoms with Crippen LogP contribution in [-0.2, 0) is 0 Å². The van der Waals surface area contributed by atoms with Crippen LogP contribution < -0.4 is 21.5 Å². The first-order chi connectivity index (χ1) is 7.60. The smallest absolute Gasteiger partial charge is 0.255 e. The van der Waals surface area contributed by atoms with Crippen LogP contribution in [0.15, 0.2) is 10.6 Å². The van der Waals surface area contributed by atoms with Crippen LogP contribution in [0.5, 0.6) is 5.88 Å². The Morgan fingerprint density at radius 2 is 2.25 bits per heavy atom. The SMILES string of the molecule is CCCN.Cc1cc(OCNC(C)N)no1. The Balaban J connectivity index is 0.000000487. The highest BCUT2D eigenvalue weighted by atomic mass is 16.5. The van der Waals surface area contributed by atoms with Crippen LogP contribution in [0.1, 0.15) is 26.0 Å². The average molecular weight is 230 g/mol. The quantitative estimate of drug-likeness (QED) is 0.639. The van der Waals surface area contributed by atoms with E-state index in [1.54, 1.807) is 13.0 Å². The Morgan fingerprint density at radius 3 is 2.62 bits per heavy atom. The van der Waals surface area contributed by atoms with Crippen LogP contribution in [0.2, 0.25) is 0 Å². The highest BCUT2D eigenvalue weighted by Crippen LogP contribution is 2.08. The fourth-order valence-corrected chi connectivity index (χ4v) is 0.659. The van der Waals surface area contributed by atoms with E-state index in [4.69, 9.17) is 20.7 Å². The summed E-state index contributed by atoms with van der Waals surface area (Å²) in [7, 11) is 0. The lowest BCUT2D eigenvalue weighted by atomic mass is 10.5. The van der Waals surface area contributed by atoms with Crippen LogP contribution in [0.4, 0.5) is 0 Å². The van der Waals surface area contributed by atoms with E-state index in [0.29, 0.717) is 12.6 Å². The van der Waals surface area contributed by atoms with Crippen molar-refractivity contribution in [2.75, 3.05) is 13.3 Å². The summed E-state index contributed by atoms with van der Waals surface area (Å²) in [5, 5.41) is 6.51. The van der Waals surface area contributed by atoms with Gasteiger partial charge >= 0.3 is 0 Å². The van der Waals surface area contributed by atoms with Crippen molar-refractivity contribution in [3.05, 3.63) is 11.8 Å². The van der Waals surface area contributed by atoms with Gasteiger partial charge in [0.15, 0.2) is 0 Å². The Morgan fingerprint density at radius 1 is 1.62 bits per heavy atom. The molecule has 0 amide bonds. The minimum Gasteiger partial charge on any atom is -0.460 e. The van der Waals surface area contributed by atoms with Gasteiger partial charge in [-0.25, -0.2) is 0 Å². The van der Waals surface area contributed by atoms with Crippen molar-refractivity contribution in [3.63, 3.8) is 0 Å². The van der Waals surface area contributed by atoms with E-state index in [-0.39, 0.29) is 6.17 Å². The van der Waals surface area contributed by atoms with Crippen molar-refractivity contribution >= 4 is 0 Å². The molecule has 16 heavy (non-hydrogen) atoms. The molecule has 0 saturated carbocycles.